The van der Waals surface area contributed by atoms with Gasteiger partial charge in [0.05, 0.1) is 19.3 Å². The van der Waals surface area contributed by atoms with Gasteiger partial charge in [-0.15, -0.1) is 5.10 Å². The van der Waals surface area contributed by atoms with Crippen molar-refractivity contribution in [1.29, 1.82) is 0 Å². The predicted octanol–water partition coefficient (Wildman–Crippen LogP) is -0.385. The van der Waals surface area contributed by atoms with Crippen molar-refractivity contribution in [3.05, 3.63) is 11.9 Å². The van der Waals surface area contributed by atoms with Crippen molar-refractivity contribution in [2.45, 2.75) is 33.2 Å². The molecule has 0 radical (unpaired) electrons. The molecule has 0 atom stereocenters. The van der Waals surface area contributed by atoms with E-state index >= 15 is 0 Å². The maximum atomic E-state index is 12.4. The second-order valence-electron chi connectivity index (χ2n) is 4.73. The van der Waals surface area contributed by atoms with Crippen molar-refractivity contribution in [1.82, 2.24) is 25.2 Å². The molecule has 0 aliphatic rings. The van der Waals surface area contributed by atoms with Crippen molar-refractivity contribution in [2.24, 2.45) is 5.73 Å². The molecule has 1 heterocycles. The van der Waals surface area contributed by atoms with Crippen LogP contribution in [0.15, 0.2) is 6.20 Å². The third kappa shape index (κ3) is 5.50. The highest BCUT2D eigenvalue weighted by molar-refractivity contribution is 5.94. The average Bonchev–Trinajstić information content (AvgIpc) is 2.93. The largest absolute Gasteiger partial charge is 0.355 e. The van der Waals surface area contributed by atoms with Crippen LogP contribution in [0, 0.1) is 0 Å². The summed E-state index contributed by atoms with van der Waals surface area (Å²) in [6.45, 7) is 6.01. The summed E-state index contributed by atoms with van der Waals surface area (Å²) < 4.78 is 1.52. The quantitative estimate of drug-likeness (QED) is 0.646. The number of carbonyl (C=O) groups is 2. The molecule has 0 aromatic carbocycles. The molecule has 0 spiro atoms. The molecule has 0 saturated heterocycles. The third-order valence-electron chi connectivity index (χ3n) is 2.80. The summed E-state index contributed by atoms with van der Waals surface area (Å²) in [5.74, 6) is -0.445. The first-order chi connectivity index (χ1) is 10.1. The first-order valence-corrected chi connectivity index (χ1v) is 7.28. The fraction of sp³-hybridized carbons (Fsp3) is 0.692. The van der Waals surface area contributed by atoms with E-state index in [4.69, 9.17) is 5.73 Å². The maximum Gasteiger partial charge on any atom is 0.276 e. The summed E-state index contributed by atoms with van der Waals surface area (Å²) in [5.41, 5.74) is 5.67. The molecule has 21 heavy (non-hydrogen) atoms. The number of hydrogen-bond donors (Lipinski definition) is 2. The standard InChI is InChI=1S/C13H24N6O2/c1-3-6-15-12(20)10-18(7-4-2)13(21)11-9-19(8-5-14)17-16-11/h9H,3-8,10,14H2,1-2H3,(H,15,20). The first-order valence-electron chi connectivity index (χ1n) is 7.28. The van der Waals surface area contributed by atoms with Gasteiger partial charge in [0.25, 0.3) is 5.91 Å². The SMILES string of the molecule is CCCNC(=O)CN(CCC)C(=O)c1cn(CCN)nn1. The van der Waals surface area contributed by atoms with E-state index in [-0.39, 0.29) is 24.1 Å². The number of nitrogens with zero attached hydrogens (tertiary/aromatic N) is 4. The second-order valence-corrected chi connectivity index (χ2v) is 4.73. The van der Waals surface area contributed by atoms with Crippen LogP contribution in [-0.2, 0) is 11.3 Å². The van der Waals surface area contributed by atoms with Gasteiger partial charge in [-0.05, 0) is 12.8 Å². The van der Waals surface area contributed by atoms with Crippen LogP contribution in [-0.4, -0.2) is 57.9 Å². The Hall–Kier alpha value is -1.96. The molecule has 0 aliphatic carbocycles. The van der Waals surface area contributed by atoms with Crippen molar-refractivity contribution in [2.75, 3.05) is 26.2 Å². The van der Waals surface area contributed by atoms with E-state index in [1.165, 1.54) is 9.58 Å². The van der Waals surface area contributed by atoms with Gasteiger partial charge in [-0.3, -0.25) is 14.3 Å². The van der Waals surface area contributed by atoms with Gasteiger partial charge in [-0.1, -0.05) is 19.1 Å². The van der Waals surface area contributed by atoms with Gasteiger partial charge in [-0.25, -0.2) is 0 Å². The molecule has 8 heteroatoms. The van der Waals surface area contributed by atoms with Gasteiger partial charge >= 0.3 is 0 Å². The van der Waals surface area contributed by atoms with Crippen molar-refractivity contribution in [3.63, 3.8) is 0 Å². The Kier molecular flexibility index (Phi) is 7.38. The lowest BCUT2D eigenvalue weighted by molar-refractivity contribution is -0.121. The molecule has 0 aliphatic heterocycles. The number of hydrogen-bond acceptors (Lipinski definition) is 5. The summed E-state index contributed by atoms with van der Waals surface area (Å²) in [5, 5.41) is 10.4. The Morgan fingerprint density at radius 2 is 2.14 bits per heavy atom. The number of carbonyl (C=O) groups excluding carboxylic acids is 2. The molecule has 0 saturated carbocycles. The van der Waals surface area contributed by atoms with Crippen molar-refractivity contribution in [3.8, 4) is 0 Å². The van der Waals surface area contributed by atoms with Crippen molar-refractivity contribution >= 4 is 11.8 Å². The Morgan fingerprint density at radius 3 is 2.76 bits per heavy atom. The van der Waals surface area contributed by atoms with Gasteiger partial charge in [0, 0.05) is 19.6 Å². The summed E-state index contributed by atoms with van der Waals surface area (Å²) in [7, 11) is 0. The Labute approximate surface area is 124 Å². The summed E-state index contributed by atoms with van der Waals surface area (Å²) in [6, 6.07) is 0. The van der Waals surface area contributed by atoms with E-state index in [0.717, 1.165) is 12.8 Å². The number of amides is 2. The lowest BCUT2D eigenvalue weighted by atomic mass is 10.3. The fourth-order valence-electron chi connectivity index (χ4n) is 1.82. The molecule has 0 unspecified atom stereocenters. The van der Waals surface area contributed by atoms with Crippen LogP contribution in [0.1, 0.15) is 37.2 Å². The minimum Gasteiger partial charge on any atom is -0.355 e. The molecule has 118 valence electrons. The zero-order chi connectivity index (χ0) is 15.7. The Balaban J connectivity index is 2.69. The van der Waals surface area contributed by atoms with Gasteiger partial charge in [0.1, 0.15) is 0 Å². The van der Waals surface area contributed by atoms with Gasteiger partial charge < -0.3 is 16.0 Å². The molecule has 1 aromatic rings. The highest BCUT2D eigenvalue weighted by Crippen LogP contribution is 2.02. The van der Waals surface area contributed by atoms with Gasteiger partial charge in [0.15, 0.2) is 5.69 Å². The van der Waals surface area contributed by atoms with E-state index < -0.39 is 0 Å². The predicted molar refractivity (Wildman–Crippen MR) is 78.6 cm³/mol. The monoisotopic (exact) mass is 296 g/mol. The number of rotatable bonds is 9. The molecular formula is C13H24N6O2. The number of nitrogens with two attached hydrogens (primary N) is 1. The summed E-state index contributed by atoms with van der Waals surface area (Å²) in [4.78, 5) is 25.6. The van der Waals surface area contributed by atoms with E-state index in [1.807, 2.05) is 13.8 Å². The average molecular weight is 296 g/mol. The highest BCUT2D eigenvalue weighted by Gasteiger charge is 2.20. The summed E-state index contributed by atoms with van der Waals surface area (Å²) >= 11 is 0. The number of nitrogens with one attached hydrogen (secondary N) is 1. The maximum absolute atomic E-state index is 12.4. The molecular weight excluding hydrogens is 272 g/mol. The molecule has 0 bridgehead atoms. The van der Waals surface area contributed by atoms with Gasteiger partial charge in [-0.2, -0.15) is 0 Å². The van der Waals surface area contributed by atoms with Crippen LogP contribution in [0.25, 0.3) is 0 Å². The van der Waals surface area contributed by atoms with E-state index in [2.05, 4.69) is 15.6 Å². The Morgan fingerprint density at radius 1 is 1.38 bits per heavy atom. The van der Waals surface area contributed by atoms with Crippen LogP contribution < -0.4 is 11.1 Å². The van der Waals surface area contributed by atoms with Crippen molar-refractivity contribution < 1.29 is 9.59 Å². The lowest BCUT2D eigenvalue weighted by Crippen LogP contribution is -2.41. The minimum atomic E-state index is -0.285. The smallest absolute Gasteiger partial charge is 0.276 e. The topological polar surface area (TPSA) is 106 Å². The van der Waals surface area contributed by atoms with Crippen LogP contribution in [0.5, 0.6) is 0 Å². The molecule has 1 aromatic heterocycles. The fourth-order valence-corrected chi connectivity index (χ4v) is 1.82. The highest BCUT2D eigenvalue weighted by atomic mass is 16.2. The third-order valence-corrected chi connectivity index (χ3v) is 2.80. The minimum absolute atomic E-state index is 0.0381. The van der Waals surface area contributed by atoms with E-state index in [0.29, 0.717) is 26.2 Å². The molecule has 8 nitrogen and oxygen atoms in total. The lowest BCUT2D eigenvalue weighted by Gasteiger charge is -2.20. The molecule has 1 rings (SSSR count). The second kappa shape index (κ2) is 9.06. The molecule has 3 N–H and O–H groups in total. The van der Waals surface area contributed by atoms with E-state index in [9.17, 15) is 9.59 Å². The number of aromatic nitrogens is 3. The molecule has 0 fully saturated rings. The van der Waals surface area contributed by atoms with Gasteiger partial charge in [0.2, 0.25) is 5.91 Å². The Bertz CT molecular complexity index is 459. The zero-order valence-electron chi connectivity index (χ0n) is 12.7. The van der Waals surface area contributed by atoms with E-state index in [1.54, 1.807) is 6.20 Å². The van der Waals surface area contributed by atoms with Crippen LogP contribution in [0.3, 0.4) is 0 Å². The first kappa shape index (κ1) is 17.1. The summed E-state index contributed by atoms with van der Waals surface area (Å²) in [6.07, 6.45) is 3.19. The van der Waals surface area contributed by atoms with Crippen LogP contribution >= 0.6 is 0 Å². The van der Waals surface area contributed by atoms with Crippen LogP contribution in [0.2, 0.25) is 0 Å². The molecule has 2 amide bonds. The zero-order valence-corrected chi connectivity index (χ0v) is 12.7. The van der Waals surface area contributed by atoms with Crippen LogP contribution in [0.4, 0.5) is 0 Å². The normalized spacial score (nSPS) is 10.4.